The maximum absolute atomic E-state index is 11.9. The third-order valence-corrected chi connectivity index (χ3v) is 5.03. The minimum absolute atomic E-state index is 0.0815. The number of ether oxygens (including phenoxy) is 1. The maximum Gasteiger partial charge on any atom is 0.286 e. The van der Waals surface area contributed by atoms with Gasteiger partial charge in [0.1, 0.15) is 10.7 Å². The van der Waals surface area contributed by atoms with E-state index in [0.717, 1.165) is 17.2 Å². The number of hydrogen-bond acceptors (Lipinski definition) is 9. The molecule has 0 bridgehead atoms. The molecule has 0 saturated heterocycles. The number of halogens is 1. The molecule has 1 amide bonds. The summed E-state index contributed by atoms with van der Waals surface area (Å²) < 4.78 is 11.5. The summed E-state index contributed by atoms with van der Waals surface area (Å²) in [6.45, 7) is 6.22. The van der Waals surface area contributed by atoms with Gasteiger partial charge in [-0.1, -0.05) is 18.5 Å². The number of amides is 1. The molecule has 4 rings (SSSR count). The molecule has 0 fully saturated rings. The first-order chi connectivity index (χ1) is 16.1. The van der Waals surface area contributed by atoms with Crippen molar-refractivity contribution in [3.05, 3.63) is 41.2 Å². The molecule has 5 N–H and O–H groups in total. The highest BCUT2D eigenvalue weighted by Crippen LogP contribution is 2.37. The number of carbonyl (C=O) groups excluding carboxylic acids is 1. The van der Waals surface area contributed by atoms with E-state index in [-0.39, 0.29) is 35.2 Å². The van der Waals surface area contributed by atoms with Crippen molar-refractivity contribution >= 4 is 51.0 Å². The molecule has 34 heavy (non-hydrogen) atoms. The SMILES string of the molecule is CCCNc1c(C(N)=O)oc2ccc3nc(Oc4cc(Cl)nc(NCC(C)(C)O)n4)ccc3c12. The van der Waals surface area contributed by atoms with Gasteiger partial charge in [-0.05, 0) is 38.5 Å². The van der Waals surface area contributed by atoms with E-state index in [9.17, 15) is 9.90 Å². The molecule has 0 saturated carbocycles. The number of nitrogens with two attached hydrogens (primary N) is 1. The van der Waals surface area contributed by atoms with Crippen molar-refractivity contribution in [1.29, 1.82) is 0 Å². The fourth-order valence-corrected chi connectivity index (χ4v) is 3.54. The number of anilines is 2. The van der Waals surface area contributed by atoms with E-state index < -0.39 is 11.5 Å². The van der Waals surface area contributed by atoms with E-state index in [1.165, 1.54) is 6.07 Å². The van der Waals surface area contributed by atoms with E-state index in [0.29, 0.717) is 23.3 Å². The number of hydrogen-bond donors (Lipinski definition) is 4. The van der Waals surface area contributed by atoms with Gasteiger partial charge < -0.3 is 30.6 Å². The normalized spacial score (nSPS) is 11.7. The minimum atomic E-state index is -0.954. The Morgan fingerprint density at radius 1 is 1.18 bits per heavy atom. The first-order valence-electron chi connectivity index (χ1n) is 10.7. The molecule has 0 aliphatic rings. The number of nitrogens with one attached hydrogen (secondary N) is 2. The highest BCUT2D eigenvalue weighted by atomic mass is 35.5. The molecular formula is C23H25ClN6O4. The molecular weight excluding hydrogens is 460 g/mol. The van der Waals surface area contributed by atoms with Crippen molar-refractivity contribution in [3.63, 3.8) is 0 Å². The quantitative estimate of drug-likeness (QED) is 0.255. The topological polar surface area (TPSA) is 148 Å². The number of rotatable bonds is 9. The number of carbonyl (C=O) groups is 1. The van der Waals surface area contributed by atoms with Gasteiger partial charge in [-0.3, -0.25) is 4.79 Å². The number of nitrogens with zero attached hydrogens (tertiary/aromatic N) is 3. The van der Waals surface area contributed by atoms with E-state index in [1.54, 1.807) is 32.0 Å². The first-order valence-corrected chi connectivity index (χ1v) is 11.1. The largest absolute Gasteiger partial charge is 0.449 e. The zero-order valence-corrected chi connectivity index (χ0v) is 19.7. The van der Waals surface area contributed by atoms with Crippen LogP contribution in [0.25, 0.3) is 21.9 Å². The van der Waals surface area contributed by atoms with Crippen LogP contribution in [0.2, 0.25) is 5.15 Å². The van der Waals surface area contributed by atoms with Gasteiger partial charge in [0.05, 0.1) is 22.2 Å². The monoisotopic (exact) mass is 484 g/mol. The van der Waals surface area contributed by atoms with Crippen LogP contribution in [0.1, 0.15) is 37.7 Å². The fourth-order valence-electron chi connectivity index (χ4n) is 3.36. The van der Waals surface area contributed by atoms with Gasteiger partial charge in [0, 0.05) is 30.6 Å². The first kappa shape index (κ1) is 23.5. The lowest BCUT2D eigenvalue weighted by Gasteiger charge is -2.17. The third-order valence-electron chi connectivity index (χ3n) is 4.83. The summed E-state index contributed by atoms with van der Waals surface area (Å²) in [4.78, 5) is 24.9. The van der Waals surface area contributed by atoms with Crippen molar-refractivity contribution in [3.8, 4) is 11.8 Å². The van der Waals surface area contributed by atoms with E-state index in [1.807, 2.05) is 13.0 Å². The number of aromatic nitrogens is 3. The Balaban J connectivity index is 1.69. The van der Waals surface area contributed by atoms with E-state index >= 15 is 0 Å². The Hall–Kier alpha value is -3.63. The number of aliphatic hydroxyl groups is 1. The molecule has 10 nitrogen and oxygen atoms in total. The van der Waals surface area contributed by atoms with Crippen LogP contribution in [-0.2, 0) is 0 Å². The van der Waals surface area contributed by atoms with Crippen molar-refractivity contribution in [2.75, 3.05) is 23.7 Å². The van der Waals surface area contributed by atoms with Crippen LogP contribution in [-0.4, -0.2) is 44.7 Å². The van der Waals surface area contributed by atoms with Crippen molar-refractivity contribution in [2.24, 2.45) is 5.73 Å². The highest BCUT2D eigenvalue weighted by Gasteiger charge is 2.21. The van der Waals surface area contributed by atoms with Crippen molar-refractivity contribution in [1.82, 2.24) is 15.0 Å². The second-order valence-corrected chi connectivity index (χ2v) is 8.76. The van der Waals surface area contributed by atoms with Crippen LogP contribution >= 0.6 is 11.6 Å². The average molecular weight is 485 g/mol. The molecule has 0 spiro atoms. The number of furan rings is 1. The van der Waals surface area contributed by atoms with Crippen LogP contribution in [0.3, 0.4) is 0 Å². The summed E-state index contributed by atoms with van der Waals surface area (Å²) >= 11 is 6.10. The Morgan fingerprint density at radius 3 is 2.68 bits per heavy atom. The predicted octanol–water partition coefficient (Wildman–Crippen LogP) is 4.32. The lowest BCUT2D eigenvalue weighted by molar-refractivity contribution is 0.0941. The van der Waals surface area contributed by atoms with Gasteiger partial charge in [-0.15, -0.1) is 0 Å². The summed E-state index contributed by atoms with van der Waals surface area (Å²) in [6.07, 6.45) is 0.861. The Bertz CT molecular complexity index is 1370. The average Bonchev–Trinajstić information content (AvgIpc) is 3.14. The van der Waals surface area contributed by atoms with Crippen LogP contribution in [0.5, 0.6) is 11.8 Å². The van der Waals surface area contributed by atoms with Crippen molar-refractivity contribution < 1.29 is 19.1 Å². The molecule has 11 heteroatoms. The summed E-state index contributed by atoms with van der Waals surface area (Å²) in [6, 6.07) is 8.48. The Labute approximate surface area is 200 Å². The van der Waals surface area contributed by atoms with Crippen LogP contribution in [0, 0.1) is 0 Å². The number of primary amides is 1. The smallest absolute Gasteiger partial charge is 0.286 e. The maximum atomic E-state index is 11.9. The second-order valence-electron chi connectivity index (χ2n) is 8.37. The Kier molecular flexibility index (Phi) is 6.45. The van der Waals surface area contributed by atoms with E-state index in [2.05, 4.69) is 25.6 Å². The molecule has 0 radical (unpaired) electrons. The lowest BCUT2D eigenvalue weighted by Crippen LogP contribution is -2.29. The second kappa shape index (κ2) is 9.32. The molecule has 4 aromatic rings. The molecule has 0 aliphatic carbocycles. The molecule has 1 aromatic carbocycles. The zero-order valence-electron chi connectivity index (χ0n) is 19.0. The predicted molar refractivity (Wildman–Crippen MR) is 131 cm³/mol. The molecule has 3 heterocycles. The van der Waals surface area contributed by atoms with Crippen LogP contribution in [0.15, 0.2) is 34.7 Å². The van der Waals surface area contributed by atoms with Crippen LogP contribution < -0.4 is 21.1 Å². The molecule has 178 valence electrons. The van der Waals surface area contributed by atoms with Gasteiger partial charge in [-0.2, -0.15) is 4.98 Å². The van der Waals surface area contributed by atoms with Crippen LogP contribution in [0.4, 0.5) is 11.6 Å². The molecule has 0 unspecified atom stereocenters. The summed E-state index contributed by atoms with van der Waals surface area (Å²) in [7, 11) is 0. The highest BCUT2D eigenvalue weighted by molar-refractivity contribution is 6.29. The number of fused-ring (bicyclic) bond motifs is 3. The standard InChI is InChI=1S/C23H25ClN6O4/c1-4-9-26-19-18-12-5-8-16(28-13(12)6-7-14(18)33-20(19)21(25)31)34-17-10-15(24)29-22(30-17)27-11-23(2,3)32/h5-8,10,26,32H,4,9,11H2,1-3H3,(H2,25,31)(H,27,29,30). The minimum Gasteiger partial charge on any atom is -0.449 e. The Morgan fingerprint density at radius 2 is 1.97 bits per heavy atom. The van der Waals surface area contributed by atoms with Gasteiger partial charge in [0.2, 0.25) is 23.5 Å². The summed E-state index contributed by atoms with van der Waals surface area (Å²) in [5.41, 5.74) is 6.28. The third kappa shape index (κ3) is 5.13. The number of pyridine rings is 1. The zero-order chi connectivity index (χ0) is 24.5. The summed E-state index contributed by atoms with van der Waals surface area (Å²) in [5.74, 6) is 0.132. The fraction of sp³-hybridized carbons (Fsp3) is 0.304. The van der Waals surface area contributed by atoms with E-state index in [4.69, 9.17) is 26.5 Å². The molecule has 3 aromatic heterocycles. The van der Waals surface area contributed by atoms with Gasteiger partial charge in [-0.25, -0.2) is 9.97 Å². The molecule has 0 atom stereocenters. The molecule has 0 aliphatic heterocycles. The lowest BCUT2D eigenvalue weighted by atomic mass is 10.1. The number of benzene rings is 1. The van der Waals surface area contributed by atoms with Gasteiger partial charge in [0.25, 0.3) is 5.91 Å². The van der Waals surface area contributed by atoms with Gasteiger partial charge >= 0.3 is 0 Å². The van der Waals surface area contributed by atoms with Gasteiger partial charge in [0.15, 0.2) is 0 Å². The summed E-state index contributed by atoms with van der Waals surface area (Å²) in [5, 5.41) is 17.7. The van der Waals surface area contributed by atoms with Crippen molar-refractivity contribution in [2.45, 2.75) is 32.8 Å².